The van der Waals surface area contributed by atoms with Crippen molar-refractivity contribution in [3.63, 3.8) is 0 Å². The van der Waals surface area contributed by atoms with Gasteiger partial charge in [-0.15, -0.1) is 0 Å². The number of sulfonamides is 1. The Hall–Kier alpha value is -1.44. The SMILES string of the molecule is CCN(CC)C(=O)c1cccc(S(=O)(=O)NCCN(C)C)c1. The molecule has 0 aromatic heterocycles. The Balaban J connectivity index is 2.93. The summed E-state index contributed by atoms with van der Waals surface area (Å²) in [4.78, 5) is 16.0. The minimum absolute atomic E-state index is 0.115. The van der Waals surface area contributed by atoms with Crippen molar-refractivity contribution in [2.45, 2.75) is 18.7 Å². The lowest BCUT2D eigenvalue weighted by atomic mass is 10.2. The largest absolute Gasteiger partial charge is 0.339 e. The first-order chi connectivity index (χ1) is 10.3. The Morgan fingerprint density at radius 2 is 1.82 bits per heavy atom. The third-order valence-corrected chi connectivity index (χ3v) is 4.75. The maximum Gasteiger partial charge on any atom is 0.253 e. The molecule has 0 aliphatic carbocycles. The molecule has 0 saturated heterocycles. The lowest BCUT2D eigenvalue weighted by molar-refractivity contribution is 0.0772. The molecule has 0 unspecified atom stereocenters. The molecule has 1 aromatic carbocycles. The van der Waals surface area contributed by atoms with Crippen LogP contribution in [0.15, 0.2) is 29.2 Å². The van der Waals surface area contributed by atoms with Crippen molar-refractivity contribution < 1.29 is 13.2 Å². The van der Waals surface area contributed by atoms with E-state index in [-0.39, 0.29) is 10.8 Å². The van der Waals surface area contributed by atoms with Crippen molar-refractivity contribution >= 4 is 15.9 Å². The van der Waals surface area contributed by atoms with E-state index in [1.807, 2.05) is 32.8 Å². The molecule has 22 heavy (non-hydrogen) atoms. The van der Waals surface area contributed by atoms with E-state index in [0.29, 0.717) is 31.7 Å². The molecule has 0 heterocycles. The smallest absolute Gasteiger partial charge is 0.253 e. The quantitative estimate of drug-likeness (QED) is 0.774. The van der Waals surface area contributed by atoms with Crippen molar-refractivity contribution in [1.29, 1.82) is 0 Å². The highest BCUT2D eigenvalue weighted by atomic mass is 32.2. The monoisotopic (exact) mass is 327 g/mol. The molecular weight excluding hydrogens is 302 g/mol. The first-order valence-electron chi connectivity index (χ1n) is 7.35. The molecule has 0 fully saturated rings. The minimum atomic E-state index is -3.60. The zero-order chi connectivity index (χ0) is 16.8. The topological polar surface area (TPSA) is 69.7 Å². The number of nitrogens with zero attached hydrogens (tertiary/aromatic N) is 2. The zero-order valence-corrected chi connectivity index (χ0v) is 14.5. The van der Waals surface area contributed by atoms with Gasteiger partial charge in [0.05, 0.1) is 4.90 Å². The van der Waals surface area contributed by atoms with Crippen LogP contribution in [0.3, 0.4) is 0 Å². The van der Waals surface area contributed by atoms with Gasteiger partial charge in [-0.05, 0) is 46.1 Å². The molecule has 7 heteroatoms. The normalized spacial score (nSPS) is 11.7. The van der Waals surface area contributed by atoms with E-state index < -0.39 is 10.0 Å². The number of rotatable bonds is 8. The average molecular weight is 327 g/mol. The molecular formula is C15H25N3O3S. The summed E-state index contributed by atoms with van der Waals surface area (Å²) in [5.41, 5.74) is 0.388. The minimum Gasteiger partial charge on any atom is -0.339 e. The maximum atomic E-state index is 12.3. The summed E-state index contributed by atoms with van der Waals surface area (Å²) in [6, 6.07) is 6.16. The molecule has 1 amide bonds. The molecule has 6 nitrogen and oxygen atoms in total. The van der Waals surface area contributed by atoms with Gasteiger partial charge in [-0.2, -0.15) is 0 Å². The molecule has 0 saturated carbocycles. The molecule has 1 aromatic rings. The number of likely N-dealkylation sites (N-methyl/N-ethyl adjacent to an activating group) is 1. The molecule has 0 aliphatic heterocycles. The van der Waals surface area contributed by atoms with Gasteiger partial charge in [0, 0.05) is 31.7 Å². The van der Waals surface area contributed by atoms with Gasteiger partial charge in [0.25, 0.3) is 5.91 Å². The van der Waals surface area contributed by atoms with Gasteiger partial charge in [0.2, 0.25) is 10.0 Å². The van der Waals surface area contributed by atoms with Crippen LogP contribution in [0.25, 0.3) is 0 Å². The highest BCUT2D eigenvalue weighted by Crippen LogP contribution is 2.13. The van der Waals surface area contributed by atoms with Crippen LogP contribution in [0.2, 0.25) is 0 Å². The van der Waals surface area contributed by atoms with Gasteiger partial charge in [-0.1, -0.05) is 6.07 Å². The van der Waals surface area contributed by atoms with E-state index in [4.69, 9.17) is 0 Å². The van der Waals surface area contributed by atoms with Crippen LogP contribution in [0.5, 0.6) is 0 Å². The molecule has 0 radical (unpaired) electrons. The number of carbonyl (C=O) groups is 1. The first-order valence-corrected chi connectivity index (χ1v) is 8.83. The number of nitrogens with one attached hydrogen (secondary N) is 1. The lowest BCUT2D eigenvalue weighted by Crippen LogP contribution is -2.32. The molecule has 0 atom stereocenters. The Bertz CT molecular complexity index is 596. The summed E-state index contributed by atoms with van der Waals surface area (Å²) >= 11 is 0. The third-order valence-electron chi connectivity index (χ3n) is 3.29. The summed E-state index contributed by atoms with van der Waals surface area (Å²) in [6.07, 6.45) is 0. The summed E-state index contributed by atoms with van der Waals surface area (Å²) < 4.78 is 27.0. The van der Waals surface area contributed by atoms with Crippen molar-refractivity contribution in [3.8, 4) is 0 Å². The van der Waals surface area contributed by atoms with Gasteiger partial charge in [0.15, 0.2) is 0 Å². The fraction of sp³-hybridized carbons (Fsp3) is 0.533. The van der Waals surface area contributed by atoms with E-state index in [1.54, 1.807) is 17.0 Å². The summed E-state index contributed by atoms with van der Waals surface area (Å²) in [7, 11) is 0.147. The van der Waals surface area contributed by atoms with Gasteiger partial charge in [0.1, 0.15) is 0 Å². The second-order valence-electron chi connectivity index (χ2n) is 5.21. The molecule has 0 bridgehead atoms. The average Bonchev–Trinajstić information content (AvgIpc) is 2.48. The number of benzene rings is 1. The van der Waals surface area contributed by atoms with Crippen LogP contribution < -0.4 is 4.72 Å². The number of amides is 1. The fourth-order valence-corrected chi connectivity index (χ4v) is 3.04. The maximum absolute atomic E-state index is 12.3. The van der Waals surface area contributed by atoms with E-state index in [2.05, 4.69) is 4.72 Å². The van der Waals surface area contributed by atoms with Gasteiger partial charge < -0.3 is 9.80 Å². The molecule has 0 aliphatic rings. The lowest BCUT2D eigenvalue weighted by Gasteiger charge is -2.19. The predicted octanol–water partition coefficient (Wildman–Crippen LogP) is 1.01. The van der Waals surface area contributed by atoms with E-state index in [1.165, 1.54) is 12.1 Å². The van der Waals surface area contributed by atoms with Crippen molar-refractivity contribution in [1.82, 2.24) is 14.5 Å². The second kappa shape index (κ2) is 8.26. The second-order valence-corrected chi connectivity index (χ2v) is 6.97. The van der Waals surface area contributed by atoms with Crippen LogP contribution in [-0.4, -0.2) is 64.4 Å². The zero-order valence-electron chi connectivity index (χ0n) is 13.7. The molecule has 1 rings (SSSR count). The van der Waals surface area contributed by atoms with Crippen LogP contribution in [-0.2, 0) is 10.0 Å². The summed E-state index contributed by atoms with van der Waals surface area (Å²) in [5, 5.41) is 0. The van der Waals surface area contributed by atoms with Crippen molar-refractivity contribution in [2.75, 3.05) is 40.3 Å². The van der Waals surface area contributed by atoms with E-state index in [0.717, 1.165) is 0 Å². The Morgan fingerprint density at radius 3 is 2.36 bits per heavy atom. The number of carbonyl (C=O) groups excluding carboxylic acids is 1. The first kappa shape index (κ1) is 18.6. The van der Waals surface area contributed by atoms with Gasteiger partial charge in [-0.3, -0.25) is 4.79 Å². The molecule has 0 spiro atoms. The van der Waals surface area contributed by atoms with Crippen LogP contribution in [0, 0.1) is 0 Å². The van der Waals surface area contributed by atoms with Crippen LogP contribution in [0.1, 0.15) is 24.2 Å². The Kier molecular flexibility index (Phi) is 6.99. The fourth-order valence-electron chi connectivity index (χ4n) is 1.98. The molecule has 1 N–H and O–H groups in total. The highest BCUT2D eigenvalue weighted by molar-refractivity contribution is 7.89. The van der Waals surface area contributed by atoms with E-state index in [9.17, 15) is 13.2 Å². The highest BCUT2D eigenvalue weighted by Gasteiger charge is 2.18. The van der Waals surface area contributed by atoms with Crippen molar-refractivity contribution in [3.05, 3.63) is 29.8 Å². The van der Waals surface area contributed by atoms with Gasteiger partial charge in [-0.25, -0.2) is 13.1 Å². The van der Waals surface area contributed by atoms with Gasteiger partial charge >= 0.3 is 0 Å². The van der Waals surface area contributed by atoms with E-state index >= 15 is 0 Å². The summed E-state index contributed by atoms with van der Waals surface area (Å²) in [5.74, 6) is -0.157. The Labute approximate surface area is 133 Å². The standard InChI is InChI=1S/C15H25N3O3S/c1-5-18(6-2)15(19)13-8-7-9-14(12-13)22(20,21)16-10-11-17(3)4/h7-9,12,16H,5-6,10-11H2,1-4H3. The predicted molar refractivity (Wildman–Crippen MR) is 87.4 cm³/mol. The Morgan fingerprint density at radius 1 is 1.18 bits per heavy atom. The van der Waals surface area contributed by atoms with Crippen LogP contribution >= 0.6 is 0 Å². The molecule has 124 valence electrons. The van der Waals surface area contributed by atoms with Crippen molar-refractivity contribution in [2.24, 2.45) is 0 Å². The van der Waals surface area contributed by atoms with Crippen LogP contribution in [0.4, 0.5) is 0 Å². The third kappa shape index (κ3) is 5.08. The number of hydrogen-bond donors (Lipinski definition) is 1. The number of hydrogen-bond acceptors (Lipinski definition) is 4. The summed E-state index contributed by atoms with van der Waals surface area (Å²) in [6.45, 7) is 5.90.